The summed E-state index contributed by atoms with van der Waals surface area (Å²) < 4.78 is 4.09. The van der Waals surface area contributed by atoms with E-state index in [-0.39, 0.29) is 12.3 Å². The summed E-state index contributed by atoms with van der Waals surface area (Å²) in [5.74, 6) is 2.70. The lowest BCUT2D eigenvalue weighted by atomic mass is 10.3. The van der Waals surface area contributed by atoms with Crippen molar-refractivity contribution in [1.29, 1.82) is 0 Å². The van der Waals surface area contributed by atoms with Gasteiger partial charge in [-0.3, -0.25) is 4.79 Å². The van der Waals surface area contributed by atoms with E-state index in [4.69, 9.17) is 17.3 Å². The molecule has 2 heterocycles. The van der Waals surface area contributed by atoms with E-state index >= 15 is 0 Å². The summed E-state index contributed by atoms with van der Waals surface area (Å²) >= 11 is 7.63. The van der Waals surface area contributed by atoms with Gasteiger partial charge in [-0.25, -0.2) is 4.98 Å². The number of carbonyl (C=O) groups excluding carboxylic acids is 1. The second-order valence-electron chi connectivity index (χ2n) is 6.49. The summed E-state index contributed by atoms with van der Waals surface area (Å²) in [6, 6.07) is 5.70. The van der Waals surface area contributed by atoms with Gasteiger partial charge in [0.25, 0.3) is 0 Å². The molecule has 136 valence electrons. The molecule has 1 aliphatic carbocycles. The van der Waals surface area contributed by atoms with Gasteiger partial charge in [-0.05, 0) is 31.0 Å². The number of aromatic nitrogens is 5. The fourth-order valence-electron chi connectivity index (χ4n) is 2.96. The maximum atomic E-state index is 11.2. The van der Waals surface area contributed by atoms with Crippen LogP contribution < -0.4 is 5.73 Å². The zero-order valence-corrected chi connectivity index (χ0v) is 15.9. The number of fused-ring (bicyclic) bond motifs is 1. The van der Waals surface area contributed by atoms with Gasteiger partial charge in [0, 0.05) is 31.0 Å². The third kappa shape index (κ3) is 3.43. The van der Waals surface area contributed by atoms with Crippen LogP contribution in [0, 0.1) is 0 Å². The fraction of sp³-hybridized carbons (Fsp3) is 0.412. The first kappa shape index (κ1) is 17.4. The normalized spacial score (nSPS) is 14.2. The minimum absolute atomic E-state index is 0.288. The van der Waals surface area contributed by atoms with Crippen LogP contribution >= 0.6 is 23.4 Å². The molecule has 0 bridgehead atoms. The highest BCUT2D eigenvalue weighted by Crippen LogP contribution is 2.40. The summed E-state index contributed by atoms with van der Waals surface area (Å²) in [5.41, 5.74) is 7.24. The number of carbonyl (C=O) groups is 1. The first-order valence-corrected chi connectivity index (χ1v) is 9.84. The van der Waals surface area contributed by atoms with Crippen molar-refractivity contribution in [3.8, 4) is 0 Å². The average Bonchev–Trinajstić information content (AvgIpc) is 3.29. The van der Waals surface area contributed by atoms with Crippen molar-refractivity contribution in [2.45, 2.75) is 42.6 Å². The third-order valence-corrected chi connectivity index (χ3v) is 5.73. The van der Waals surface area contributed by atoms with Crippen LogP contribution in [0.4, 0.5) is 0 Å². The Morgan fingerprint density at radius 2 is 2.19 bits per heavy atom. The molecule has 7 nitrogen and oxygen atoms in total. The van der Waals surface area contributed by atoms with Crippen LogP contribution in [-0.2, 0) is 24.1 Å². The lowest BCUT2D eigenvalue weighted by Gasteiger charge is -2.08. The van der Waals surface area contributed by atoms with Gasteiger partial charge in [0.2, 0.25) is 5.91 Å². The molecule has 4 rings (SSSR count). The van der Waals surface area contributed by atoms with Gasteiger partial charge in [-0.15, -0.1) is 10.2 Å². The van der Waals surface area contributed by atoms with Crippen molar-refractivity contribution >= 4 is 40.3 Å². The maximum absolute atomic E-state index is 11.2. The van der Waals surface area contributed by atoms with Crippen molar-refractivity contribution in [3.05, 3.63) is 34.9 Å². The first-order valence-electron chi connectivity index (χ1n) is 8.48. The van der Waals surface area contributed by atoms with E-state index in [9.17, 15) is 4.79 Å². The van der Waals surface area contributed by atoms with Crippen LogP contribution in [0.1, 0.15) is 36.8 Å². The number of imidazole rings is 1. The quantitative estimate of drug-likeness (QED) is 0.626. The molecule has 1 aromatic carbocycles. The van der Waals surface area contributed by atoms with E-state index < -0.39 is 0 Å². The molecule has 1 amide bonds. The zero-order chi connectivity index (χ0) is 18.3. The number of benzene rings is 1. The molecule has 1 aliphatic rings. The topological polar surface area (TPSA) is 91.6 Å². The molecule has 2 N–H and O–H groups in total. The Hall–Kier alpha value is -2.06. The molecule has 0 spiro atoms. The van der Waals surface area contributed by atoms with Crippen LogP contribution in [0.25, 0.3) is 11.0 Å². The van der Waals surface area contributed by atoms with Crippen LogP contribution in [0.5, 0.6) is 0 Å². The highest BCUT2D eigenvalue weighted by molar-refractivity contribution is 7.98. The first-order chi connectivity index (χ1) is 12.5. The van der Waals surface area contributed by atoms with Crippen LogP contribution in [0.3, 0.4) is 0 Å². The number of hydrogen-bond acceptors (Lipinski definition) is 5. The lowest BCUT2D eigenvalue weighted by molar-refractivity contribution is -0.118. The molecule has 2 aromatic heterocycles. The molecule has 0 radical (unpaired) electrons. The standard InChI is InChI=1S/C17H19ClN6OS/c1-23-13-5-4-11(18)8-12(13)20-15(23)9-26-17-22-21-16(10-2-3-10)24(17)7-6-14(19)25/h4-5,8,10H,2-3,6-7,9H2,1H3,(H2,19,25). The fourth-order valence-corrected chi connectivity index (χ4v) is 4.09. The van der Waals surface area contributed by atoms with Gasteiger partial charge in [0.05, 0.1) is 16.8 Å². The molecule has 9 heteroatoms. The van der Waals surface area contributed by atoms with Crippen molar-refractivity contribution in [2.24, 2.45) is 12.8 Å². The Bertz CT molecular complexity index is 977. The minimum atomic E-state index is -0.316. The number of hydrogen-bond donors (Lipinski definition) is 1. The van der Waals surface area contributed by atoms with E-state index in [1.807, 2.05) is 29.8 Å². The van der Waals surface area contributed by atoms with Crippen LogP contribution in [-0.4, -0.2) is 30.2 Å². The number of thioether (sulfide) groups is 1. The molecule has 0 unspecified atom stereocenters. The zero-order valence-electron chi connectivity index (χ0n) is 14.4. The number of rotatable bonds is 7. The second kappa shape index (κ2) is 6.92. The van der Waals surface area contributed by atoms with Gasteiger partial charge in [0.1, 0.15) is 11.6 Å². The Morgan fingerprint density at radius 1 is 1.38 bits per heavy atom. The molecule has 1 saturated carbocycles. The van der Waals surface area contributed by atoms with E-state index in [1.54, 1.807) is 11.8 Å². The lowest BCUT2D eigenvalue weighted by Crippen LogP contribution is -2.15. The highest BCUT2D eigenvalue weighted by atomic mass is 35.5. The number of halogens is 1. The smallest absolute Gasteiger partial charge is 0.219 e. The Balaban J connectivity index is 1.56. The van der Waals surface area contributed by atoms with E-state index in [0.29, 0.717) is 23.2 Å². The van der Waals surface area contributed by atoms with Gasteiger partial charge >= 0.3 is 0 Å². The van der Waals surface area contributed by atoms with E-state index in [0.717, 1.165) is 40.7 Å². The molecule has 0 aliphatic heterocycles. The van der Waals surface area contributed by atoms with Crippen LogP contribution in [0.15, 0.2) is 23.4 Å². The molecule has 1 fully saturated rings. The number of aryl methyl sites for hydroxylation is 1. The summed E-state index contributed by atoms with van der Waals surface area (Å²) in [5, 5.41) is 10.2. The maximum Gasteiger partial charge on any atom is 0.219 e. The summed E-state index contributed by atoms with van der Waals surface area (Å²) in [7, 11) is 1.99. The molecular weight excluding hydrogens is 372 g/mol. The van der Waals surface area contributed by atoms with Gasteiger partial charge in [0.15, 0.2) is 5.16 Å². The highest BCUT2D eigenvalue weighted by Gasteiger charge is 2.30. The predicted molar refractivity (Wildman–Crippen MR) is 101 cm³/mol. The Labute approximate surface area is 159 Å². The summed E-state index contributed by atoms with van der Waals surface area (Å²) in [6.07, 6.45) is 2.55. The van der Waals surface area contributed by atoms with Gasteiger partial charge < -0.3 is 14.9 Å². The average molecular weight is 391 g/mol. The predicted octanol–water partition coefficient (Wildman–Crippen LogP) is 2.86. The van der Waals surface area contributed by atoms with Crippen molar-refractivity contribution in [2.75, 3.05) is 0 Å². The van der Waals surface area contributed by atoms with Crippen LogP contribution in [0.2, 0.25) is 5.02 Å². The largest absolute Gasteiger partial charge is 0.370 e. The van der Waals surface area contributed by atoms with Gasteiger partial charge in [-0.2, -0.15) is 0 Å². The summed E-state index contributed by atoms with van der Waals surface area (Å²) in [6.45, 7) is 0.522. The third-order valence-electron chi connectivity index (χ3n) is 4.54. The number of amides is 1. The molecular formula is C17H19ClN6OS. The second-order valence-corrected chi connectivity index (χ2v) is 7.87. The monoisotopic (exact) mass is 390 g/mol. The SMILES string of the molecule is Cn1c(CSc2nnc(C3CC3)n2CCC(N)=O)nc2cc(Cl)ccc21. The number of nitrogens with two attached hydrogens (primary N) is 1. The molecule has 3 aromatic rings. The van der Waals surface area contributed by atoms with E-state index in [2.05, 4.69) is 19.7 Å². The minimum Gasteiger partial charge on any atom is -0.370 e. The van der Waals surface area contributed by atoms with Gasteiger partial charge in [-0.1, -0.05) is 23.4 Å². The number of primary amides is 1. The number of nitrogens with zero attached hydrogens (tertiary/aromatic N) is 5. The molecule has 26 heavy (non-hydrogen) atoms. The van der Waals surface area contributed by atoms with Crippen molar-refractivity contribution in [3.63, 3.8) is 0 Å². The Morgan fingerprint density at radius 3 is 2.92 bits per heavy atom. The molecule has 0 saturated heterocycles. The van der Waals surface area contributed by atoms with E-state index in [1.165, 1.54) is 0 Å². The van der Waals surface area contributed by atoms with Crippen molar-refractivity contribution in [1.82, 2.24) is 24.3 Å². The van der Waals surface area contributed by atoms with Crippen molar-refractivity contribution < 1.29 is 4.79 Å². The Kier molecular flexibility index (Phi) is 4.62. The summed E-state index contributed by atoms with van der Waals surface area (Å²) in [4.78, 5) is 15.9. The molecule has 0 atom stereocenters.